The summed E-state index contributed by atoms with van der Waals surface area (Å²) in [5.74, 6) is 2.27. The summed E-state index contributed by atoms with van der Waals surface area (Å²) in [6.45, 7) is 3.53. The summed E-state index contributed by atoms with van der Waals surface area (Å²) in [6.07, 6.45) is 4.88. The molecule has 17 heavy (non-hydrogen) atoms. The van der Waals surface area contributed by atoms with E-state index in [-0.39, 0.29) is 0 Å². The molecule has 1 aromatic rings. The third-order valence-electron chi connectivity index (χ3n) is 2.44. The van der Waals surface area contributed by atoms with E-state index in [1.54, 1.807) is 0 Å². The van der Waals surface area contributed by atoms with Crippen LogP contribution in [0, 0.1) is 0 Å². The summed E-state index contributed by atoms with van der Waals surface area (Å²) in [5.41, 5.74) is 0. The number of nitrogens with zero attached hydrogens (tertiary/aromatic N) is 3. The summed E-state index contributed by atoms with van der Waals surface area (Å²) in [6, 6.07) is 1.87. The number of anilines is 1. The molecule has 0 aromatic carbocycles. The van der Waals surface area contributed by atoms with Gasteiger partial charge in [-0.25, -0.2) is 9.97 Å². The number of rotatable bonds is 8. The lowest BCUT2D eigenvalue weighted by molar-refractivity contribution is 0.326. The van der Waals surface area contributed by atoms with Gasteiger partial charge in [0.05, 0.1) is 6.61 Å². The molecule has 0 aliphatic carbocycles. The Morgan fingerprint density at radius 3 is 2.82 bits per heavy atom. The molecular weight excluding hydrogens is 238 g/mol. The van der Waals surface area contributed by atoms with Crippen LogP contribution in [0.1, 0.15) is 26.2 Å². The smallest absolute Gasteiger partial charge is 0.218 e. The molecule has 5 heteroatoms. The van der Waals surface area contributed by atoms with E-state index < -0.39 is 0 Å². The topological polar surface area (TPSA) is 38.2 Å². The van der Waals surface area contributed by atoms with Gasteiger partial charge in [0.2, 0.25) is 5.88 Å². The first-order chi connectivity index (χ1) is 8.27. The molecule has 0 aliphatic heterocycles. The number of ether oxygens (including phenoxy) is 1. The van der Waals surface area contributed by atoms with E-state index in [0.29, 0.717) is 12.5 Å². The Labute approximate surface area is 108 Å². The molecule has 0 amide bonds. The van der Waals surface area contributed by atoms with Crippen LogP contribution in [0.5, 0.6) is 5.88 Å². The number of hydrogen-bond acceptors (Lipinski definition) is 4. The lowest BCUT2D eigenvalue weighted by Gasteiger charge is -2.18. The number of alkyl halides is 1. The maximum absolute atomic E-state index is 5.64. The normalized spacial score (nSPS) is 10.3. The first kappa shape index (κ1) is 14.0. The summed E-state index contributed by atoms with van der Waals surface area (Å²) >= 11 is 5.64. The maximum Gasteiger partial charge on any atom is 0.218 e. The van der Waals surface area contributed by atoms with Crippen LogP contribution >= 0.6 is 11.6 Å². The van der Waals surface area contributed by atoms with E-state index in [4.69, 9.17) is 16.3 Å². The molecular formula is C12H20ClN3O. The second-order valence-electron chi connectivity index (χ2n) is 3.82. The molecule has 0 saturated carbocycles. The summed E-state index contributed by atoms with van der Waals surface area (Å²) < 4.78 is 5.34. The third kappa shape index (κ3) is 5.22. The molecule has 96 valence electrons. The summed E-state index contributed by atoms with van der Waals surface area (Å²) in [5, 5.41) is 0. The van der Waals surface area contributed by atoms with Gasteiger partial charge >= 0.3 is 0 Å². The molecule has 1 heterocycles. The fourth-order valence-electron chi connectivity index (χ4n) is 1.50. The average molecular weight is 258 g/mol. The van der Waals surface area contributed by atoms with Crippen LogP contribution in [0.3, 0.4) is 0 Å². The van der Waals surface area contributed by atoms with Crippen molar-refractivity contribution in [1.82, 2.24) is 9.97 Å². The molecule has 0 bridgehead atoms. The molecule has 0 spiro atoms. The standard InChI is InChI=1S/C12H20ClN3O/c1-3-17-12-9-11(14-10-15-12)16(2)8-6-4-5-7-13/h9-10H,3-8H2,1-2H3. The Morgan fingerprint density at radius 2 is 2.12 bits per heavy atom. The molecule has 0 atom stereocenters. The monoisotopic (exact) mass is 257 g/mol. The Bertz CT molecular complexity index is 322. The Kier molecular flexibility index (Phi) is 6.70. The van der Waals surface area contributed by atoms with Crippen LogP contribution in [0.15, 0.2) is 12.4 Å². The fraction of sp³-hybridized carbons (Fsp3) is 0.667. The quantitative estimate of drug-likeness (QED) is 0.530. The highest BCUT2D eigenvalue weighted by Gasteiger charge is 2.04. The van der Waals surface area contributed by atoms with E-state index in [1.165, 1.54) is 6.33 Å². The van der Waals surface area contributed by atoms with Crippen LogP contribution in [0.4, 0.5) is 5.82 Å². The Morgan fingerprint density at radius 1 is 1.29 bits per heavy atom. The first-order valence-electron chi connectivity index (χ1n) is 6.00. The van der Waals surface area contributed by atoms with Crippen LogP contribution in [-0.4, -0.2) is 36.0 Å². The predicted molar refractivity (Wildman–Crippen MR) is 71.0 cm³/mol. The lowest BCUT2D eigenvalue weighted by Crippen LogP contribution is -2.19. The van der Waals surface area contributed by atoms with Gasteiger partial charge in [-0.1, -0.05) is 6.42 Å². The summed E-state index contributed by atoms with van der Waals surface area (Å²) in [7, 11) is 2.03. The molecule has 1 rings (SSSR count). The van der Waals surface area contributed by atoms with E-state index >= 15 is 0 Å². The molecule has 4 nitrogen and oxygen atoms in total. The van der Waals surface area contributed by atoms with Crippen molar-refractivity contribution in [2.24, 2.45) is 0 Å². The Hall–Kier alpha value is -1.03. The second-order valence-corrected chi connectivity index (χ2v) is 4.20. The van der Waals surface area contributed by atoms with Crippen molar-refractivity contribution in [3.63, 3.8) is 0 Å². The van der Waals surface area contributed by atoms with Crippen molar-refractivity contribution in [2.75, 3.05) is 31.0 Å². The first-order valence-corrected chi connectivity index (χ1v) is 6.53. The van der Waals surface area contributed by atoms with E-state index in [9.17, 15) is 0 Å². The van der Waals surface area contributed by atoms with Gasteiger partial charge in [-0.05, 0) is 19.8 Å². The van der Waals surface area contributed by atoms with Crippen LogP contribution in [0.25, 0.3) is 0 Å². The van der Waals surface area contributed by atoms with Gasteiger partial charge in [0.15, 0.2) is 0 Å². The average Bonchev–Trinajstić information content (AvgIpc) is 2.35. The zero-order valence-corrected chi connectivity index (χ0v) is 11.3. The fourth-order valence-corrected chi connectivity index (χ4v) is 1.69. The van der Waals surface area contributed by atoms with Gasteiger partial charge in [0, 0.05) is 25.5 Å². The van der Waals surface area contributed by atoms with E-state index in [2.05, 4.69) is 14.9 Å². The predicted octanol–water partition coefficient (Wildman–Crippen LogP) is 2.72. The minimum Gasteiger partial charge on any atom is -0.478 e. The number of aromatic nitrogens is 2. The molecule has 0 N–H and O–H groups in total. The SMILES string of the molecule is CCOc1cc(N(C)CCCCCCl)ncn1. The molecule has 0 aliphatic rings. The highest BCUT2D eigenvalue weighted by Crippen LogP contribution is 2.15. The molecule has 0 unspecified atom stereocenters. The van der Waals surface area contributed by atoms with E-state index in [1.807, 2.05) is 20.0 Å². The van der Waals surface area contributed by atoms with Gasteiger partial charge in [-0.15, -0.1) is 11.6 Å². The van der Waals surface area contributed by atoms with Crippen molar-refractivity contribution in [3.05, 3.63) is 12.4 Å². The van der Waals surface area contributed by atoms with Crippen molar-refractivity contribution >= 4 is 17.4 Å². The summed E-state index contributed by atoms with van der Waals surface area (Å²) in [4.78, 5) is 10.4. The Balaban J connectivity index is 2.44. The largest absolute Gasteiger partial charge is 0.478 e. The van der Waals surface area contributed by atoms with Crippen LogP contribution in [-0.2, 0) is 0 Å². The van der Waals surface area contributed by atoms with Crippen LogP contribution in [0.2, 0.25) is 0 Å². The maximum atomic E-state index is 5.64. The minimum atomic E-state index is 0.621. The number of unbranched alkanes of at least 4 members (excludes halogenated alkanes) is 2. The van der Waals surface area contributed by atoms with Crippen molar-refractivity contribution < 1.29 is 4.74 Å². The van der Waals surface area contributed by atoms with E-state index in [0.717, 1.165) is 37.5 Å². The van der Waals surface area contributed by atoms with Crippen LogP contribution < -0.4 is 9.64 Å². The van der Waals surface area contributed by atoms with Crippen molar-refractivity contribution in [2.45, 2.75) is 26.2 Å². The molecule has 0 radical (unpaired) electrons. The van der Waals surface area contributed by atoms with Gasteiger partial charge < -0.3 is 9.64 Å². The minimum absolute atomic E-state index is 0.621. The lowest BCUT2D eigenvalue weighted by atomic mass is 10.2. The van der Waals surface area contributed by atoms with Gasteiger partial charge in [0.1, 0.15) is 12.1 Å². The van der Waals surface area contributed by atoms with Crippen molar-refractivity contribution in [1.29, 1.82) is 0 Å². The third-order valence-corrected chi connectivity index (χ3v) is 2.71. The molecule has 1 aromatic heterocycles. The van der Waals surface area contributed by atoms with Gasteiger partial charge in [0.25, 0.3) is 0 Å². The second kappa shape index (κ2) is 8.12. The zero-order chi connectivity index (χ0) is 12.5. The van der Waals surface area contributed by atoms with Gasteiger partial charge in [-0.3, -0.25) is 0 Å². The molecule has 0 fully saturated rings. The van der Waals surface area contributed by atoms with Crippen molar-refractivity contribution in [3.8, 4) is 5.88 Å². The zero-order valence-electron chi connectivity index (χ0n) is 10.5. The highest BCUT2D eigenvalue weighted by atomic mass is 35.5. The number of hydrogen-bond donors (Lipinski definition) is 0. The number of halogens is 1. The molecule has 0 saturated heterocycles. The highest BCUT2D eigenvalue weighted by molar-refractivity contribution is 6.17. The van der Waals surface area contributed by atoms with Gasteiger partial charge in [-0.2, -0.15) is 0 Å².